The van der Waals surface area contributed by atoms with Crippen LogP contribution in [0.4, 0.5) is 32.0 Å². The second-order valence-corrected chi connectivity index (χ2v) is 38.4. The molecule has 0 radical (unpaired) electrons. The van der Waals surface area contributed by atoms with Crippen LogP contribution in [-0.2, 0) is 71.3 Å². The van der Waals surface area contributed by atoms with Crippen molar-refractivity contribution in [1.82, 2.24) is 66.3 Å². The van der Waals surface area contributed by atoms with Crippen molar-refractivity contribution in [3.05, 3.63) is 322 Å². The lowest BCUT2D eigenvalue weighted by molar-refractivity contribution is -0.121. The van der Waals surface area contributed by atoms with Gasteiger partial charge < -0.3 is 56.2 Å². The van der Waals surface area contributed by atoms with Gasteiger partial charge in [-0.05, 0) is 193 Å². The predicted octanol–water partition coefficient (Wildman–Crippen LogP) is 18.9. The van der Waals surface area contributed by atoms with Crippen molar-refractivity contribution in [2.75, 3.05) is 34.2 Å². The largest absolute Gasteiger partial charge is 0.497 e. The molecule has 7 N–H and O–H groups in total. The van der Waals surface area contributed by atoms with Crippen LogP contribution >= 0.6 is 27.5 Å². The summed E-state index contributed by atoms with van der Waals surface area (Å²) in [6.07, 6.45) is 3.61. The summed E-state index contributed by atoms with van der Waals surface area (Å²) in [5.41, 5.74) is 15.8. The van der Waals surface area contributed by atoms with Gasteiger partial charge in [-0.2, -0.15) is 0 Å². The molecular weight excluding hydrogens is 1850 g/mol. The van der Waals surface area contributed by atoms with Crippen molar-refractivity contribution in [1.29, 1.82) is 0 Å². The molecule has 4 saturated heterocycles. The molecule has 7 aliphatic heterocycles. The number of carbonyl (C=O) groups excluding carboxylic acids is 6. The molecule has 0 bridgehead atoms. The van der Waals surface area contributed by atoms with E-state index in [0.717, 1.165) is 97.3 Å². The van der Waals surface area contributed by atoms with Crippen LogP contribution in [0.5, 0.6) is 23.0 Å². The molecule has 712 valence electrons. The standard InChI is InChI=1S/C34H32F2N4O4.C25H22F2N4O2.C21H18ClF2N3O2.C12H14BrNO.C12H16N2O.CH4/c1-34(2)16-23(32(41)39-34)20-10-8-19(9-11-20)14-26-30-27(38-31(37-26)29-24(35)6-5-7-25(29)36)18-40(33(30)42)17-21-12-13-22(43-3)15-28(21)44-4;1-25(2)11-15(23(32)31-25)14-8-6-13(7-9-14)10-18-21-19(12-28-24(21)33)30-22(29-18)20-16(26)4-3-5-17(20)27;1-28-13-7-6-12(18(8-13)29-2)9-27-10-14-17(11-27)25-21(26-20(14)22)19-15(23)4-3-5-16(19)24;2*1-12(2)7-10(11(15)14-12)8-3-5-9(13)6-4-8;/h5-13,15,23H,14,16-18H2,1-4H3,(H,39,41);3-9,15H,10-12H2,1-2H3,(H,28,33)(H,31,32);3-8H,9-11H2,1-2H3;3-6,10H,7H2,1-2H3,(H,14,15);3-6,10H,7,13H2,1-2H3,(H,14,15);1H4. The first-order chi connectivity index (χ1) is 64.7. The van der Waals surface area contributed by atoms with Crippen molar-refractivity contribution >= 4 is 68.7 Å². The minimum Gasteiger partial charge on any atom is -0.497 e. The lowest BCUT2D eigenvalue weighted by Gasteiger charge is -2.18. The number of hydrogen-bond donors (Lipinski definition) is 6. The van der Waals surface area contributed by atoms with E-state index in [4.69, 9.17) is 36.3 Å². The normalized spacial score (nSPS) is 18.1. The van der Waals surface area contributed by atoms with Gasteiger partial charge in [0.25, 0.3) is 11.8 Å². The third-order valence-electron chi connectivity index (χ3n) is 24.8. The summed E-state index contributed by atoms with van der Waals surface area (Å²) >= 11 is 9.72. The fourth-order valence-electron chi connectivity index (χ4n) is 18.1. The second kappa shape index (κ2) is 41.1. The smallest absolute Gasteiger partial charge is 0.258 e. The maximum Gasteiger partial charge on any atom is 0.258 e. The number of amides is 6. The monoisotopic (exact) mass is 1950 g/mol. The van der Waals surface area contributed by atoms with E-state index in [9.17, 15) is 55.1 Å². The molecule has 4 unspecified atom stereocenters. The third kappa shape index (κ3) is 22.7. The first-order valence-electron chi connectivity index (χ1n) is 44.2. The Morgan fingerprint density at radius 3 is 1.15 bits per heavy atom. The predicted molar refractivity (Wildman–Crippen MR) is 512 cm³/mol. The maximum atomic E-state index is 14.9. The molecule has 9 aromatic carbocycles. The van der Waals surface area contributed by atoms with E-state index in [1.54, 1.807) is 45.5 Å². The number of ether oxygens (including phenoxy) is 4. The number of hydrogen-bond acceptors (Lipinski definition) is 18. The molecule has 137 heavy (non-hydrogen) atoms. The quantitative estimate of drug-likeness (QED) is 0.0249. The van der Waals surface area contributed by atoms with E-state index >= 15 is 0 Å². The van der Waals surface area contributed by atoms with Crippen molar-refractivity contribution in [3.63, 3.8) is 0 Å². The highest BCUT2D eigenvalue weighted by Gasteiger charge is 2.43. The Morgan fingerprint density at radius 2 is 0.774 bits per heavy atom. The molecule has 0 aliphatic carbocycles. The minimum absolute atomic E-state index is 0. The summed E-state index contributed by atoms with van der Waals surface area (Å²) in [6.45, 7) is 18.3. The maximum absolute atomic E-state index is 14.9. The number of rotatable bonds is 19. The van der Waals surface area contributed by atoms with Gasteiger partial charge in [0.05, 0.1) is 128 Å². The molecule has 19 rings (SSSR count). The molecule has 0 saturated carbocycles. The number of methoxy groups -OCH3 is 4. The van der Waals surface area contributed by atoms with Crippen LogP contribution in [0, 0.1) is 34.9 Å². The summed E-state index contributed by atoms with van der Waals surface area (Å²) in [6, 6.07) is 52.5. The molecule has 10 heterocycles. The minimum atomic E-state index is -0.790. The van der Waals surface area contributed by atoms with Crippen LogP contribution in [-0.4, -0.2) is 126 Å². The fraction of sp³-hybridized carbons (Fsp3) is 0.314. The molecule has 24 nitrogen and oxygen atoms in total. The van der Waals surface area contributed by atoms with Crippen molar-refractivity contribution in [2.45, 2.75) is 186 Å². The van der Waals surface area contributed by atoms with Crippen molar-refractivity contribution in [3.8, 4) is 57.2 Å². The van der Waals surface area contributed by atoms with E-state index in [0.29, 0.717) is 95.1 Å². The number of anilines is 1. The highest BCUT2D eigenvalue weighted by atomic mass is 79.9. The summed E-state index contributed by atoms with van der Waals surface area (Å²) in [5.74, 6) is -3.00. The average molecular weight is 1950 g/mol. The van der Waals surface area contributed by atoms with Crippen LogP contribution < -0.4 is 51.3 Å². The number of nitrogens with two attached hydrogens (primary N) is 1. The zero-order valence-electron chi connectivity index (χ0n) is 77.0. The molecule has 4 fully saturated rings. The molecule has 3 aromatic heterocycles. The summed E-state index contributed by atoms with van der Waals surface area (Å²) in [7, 11) is 6.31. The Kier molecular flexibility index (Phi) is 29.8. The average Bonchev–Trinajstić information content (AvgIpc) is 1.62. The number of fused-ring (bicyclic) bond motifs is 3. The number of nitrogens with zero attached hydrogens (tertiary/aromatic N) is 8. The highest BCUT2D eigenvalue weighted by Crippen LogP contribution is 2.42. The lowest BCUT2D eigenvalue weighted by atomic mass is 9.90. The molecule has 0 spiro atoms. The van der Waals surface area contributed by atoms with Gasteiger partial charge in [0, 0.05) is 93.6 Å². The zero-order chi connectivity index (χ0) is 97.1. The lowest BCUT2D eigenvalue weighted by Crippen LogP contribution is -2.34. The van der Waals surface area contributed by atoms with Crippen LogP contribution in [0.3, 0.4) is 0 Å². The Bertz CT molecular complexity index is 6480. The number of aromatic nitrogens is 6. The van der Waals surface area contributed by atoms with E-state index in [-0.39, 0.29) is 160 Å². The van der Waals surface area contributed by atoms with Crippen molar-refractivity contribution < 1.29 is 74.1 Å². The van der Waals surface area contributed by atoms with E-state index in [2.05, 4.69) is 91.2 Å². The number of nitrogens with one attached hydrogen (secondary N) is 5. The highest BCUT2D eigenvalue weighted by molar-refractivity contribution is 9.10. The van der Waals surface area contributed by atoms with Crippen LogP contribution in [0.1, 0.15) is 211 Å². The van der Waals surface area contributed by atoms with E-state index in [1.165, 1.54) is 30.3 Å². The van der Waals surface area contributed by atoms with Gasteiger partial charge >= 0.3 is 0 Å². The number of benzene rings is 9. The number of nitrogen functional groups attached to an aromatic ring is 1. The molecule has 7 aliphatic rings. The molecular formula is C105H106BrClF6N14O10. The Hall–Kier alpha value is -13.7. The molecule has 12 aromatic rings. The summed E-state index contributed by atoms with van der Waals surface area (Å²) in [4.78, 5) is 105. The first kappa shape index (κ1) is 99.3. The van der Waals surface area contributed by atoms with Crippen molar-refractivity contribution in [2.24, 2.45) is 0 Å². The van der Waals surface area contributed by atoms with E-state index < -0.39 is 34.9 Å². The van der Waals surface area contributed by atoms with Gasteiger partial charge in [0.15, 0.2) is 17.5 Å². The van der Waals surface area contributed by atoms with Gasteiger partial charge in [0.2, 0.25) is 23.6 Å². The van der Waals surface area contributed by atoms with Crippen LogP contribution in [0.25, 0.3) is 34.2 Å². The Balaban J connectivity index is 0.000000144. The molecule has 4 atom stereocenters. The topological polar surface area (TPSA) is 309 Å². The Morgan fingerprint density at radius 1 is 0.416 bits per heavy atom. The number of carbonyl (C=O) groups is 6. The summed E-state index contributed by atoms with van der Waals surface area (Å²) in [5, 5.41) is 14.9. The second-order valence-electron chi connectivity index (χ2n) is 37.1. The van der Waals surface area contributed by atoms with Crippen LogP contribution in [0.15, 0.2) is 193 Å². The first-order valence-corrected chi connectivity index (χ1v) is 45.4. The van der Waals surface area contributed by atoms with Gasteiger partial charge in [0.1, 0.15) is 63.1 Å². The van der Waals surface area contributed by atoms with Crippen LogP contribution in [0.2, 0.25) is 5.15 Å². The Labute approximate surface area is 804 Å². The zero-order valence-corrected chi connectivity index (χ0v) is 79.3. The van der Waals surface area contributed by atoms with Gasteiger partial charge in [-0.15, -0.1) is 0 Å². The van der Waals surface area contributed by atoms with Gasteiger partial charge in [-0.3, -0.25) is 33.7 Å². The molecule has 6 amide bonds. The van der Waals surface area contributed by atoms with Gasteiger partial charge in [-0.25, -0.2) is 56.2 Å². The number of halogens is 8. The van der Waals surface area contributed by atoms with Gasteiger partial charge in [-0.1, -0.05) is 132 Å². The summed E-state index contributed by atoms with van der Waals surface area (Å²) < 4.78 is 109. The molecule has 32 heteroatoms. The van der Waals surface area contributed by atoms with E-state index in [1.807, 2.05) is 163 Å². The fourth-order valence-corrected chi connectivity index (χ4v) is 18.6. The third-order valence-corrected chi connectivity index (χ3v) is 25.6. The SMILES string of the molecule is C.CC1(C)CC(c2ccc(Br)cc2)C(=O)N1.CC1(C)CC(c2ccc(Cc3nc(-c4c(F)cccc4F)nc4c3C(=O)NC4)cc2)C(=O)N1.CC1(C)CC(c2ccc(N)cc2)C(=O)N1.COc1ccc(CN2Cc3nc(-c4c(F)cccc4F)nc(Cc4ccc(C5CC(C)(C)NC5=O)cc4)c3C2=O)c(OC)c1.COc1ccc(CN2Cc3nc(-c4c(F)cccc4F)nc(Cl)c3C2)c(OC)c1.